The van der Waals surface area contributed by atoms with Crippen molar-refractivity contribution < 1.29 is 31.2 Å². The third-order valence-electron chi connectivity index (χ3n) is 6.53. The molecule has 1 heterocycles. The molecule has 1 fully saturated rings. The highest BCUT2D eigenvalue weighted by Gasteiger charge is 2.36. The van der Waals surface area contributed by atoms with E-state index in [0.717, 1.165) is 12.5 Å². The van der Waals surface area contributed by atoms with Gasteiger partial charge in [0.15, 0.2) is 9.84 Å². The lowest BCUT2D eigenvalue weighted by Gasteiger charge is -2.34. The Hall–Kier alpha value is -2.19. The molecule has 2 aromatic rings. The Morgan fingerprint density at radius 1 is 1.20 bits per heavy atom. The highest BCUT2D eigenvalue weighted by atomic mass is 79.9. The average Bonchev–Trinajstić information content (AvgIpc) is 2.87. The number of rotatable bonds is 10. The second-order valence-electron chi connectivity index (χ2n) is 9.49. The smallest absolute Gasteiger partial charge is 0.351 e. The van der Waals surface area contributed by atoms with Crippen LogP contribution in [0.2, 0.25) is 5.02 Å². The number of hydrogen-bond acceptors (Lipinski definition) is 6. The molecular formula is C26H31BrClF3N4O4S. The number of amides is 2. The summed E-state index contributed by atoms with van der Waals surface area (Å²) < 4.78 is 67.5. The molecule has 14 heteroatoms. The predicted molar refractivity (Wildman–Crippen MR) is 150 cm³/mol. The van der Waals surface area contributed by atoms with Gasteiger partial charge in [0.05, 0.1) is 22.8 Å². The molecule has 0 saturated carbocycles. The zero-order valence-corrected chi connectivity index (χ0v) is 25.2. The van der Waals surface area contributed by atoms with Crippen LogP contribution in [0.1, 0.15) is 46.8 Å². The van der Waals surface area contributed by atoms with Crippen LogP contribution in [0.15, 0.2) is 39.7 Å². The summed E-state index contributed by atoms with van der Waals surface area (Å²) in [4.78, 5) is 26.7. The van der Waals surface area contributed by atoms with E-state index in [9.17, 15) is 31.2 Å². The van der Waals surface area contributed by atoms with Gasteiger partial charge in [-0.25, -0.2) is 8.42 Å². The van der Waals surface area contributed by atoms with Gasteiger partial charge in [-0.2, -0.15) is 13.2 Å². The maximum absolute atomic E-state index is 14.2. The second kappa shape index (κ2) is 13.6. The van der Waals surface area contributed by atoms with E-state index in [2.05, 4.69) is 31.9 Å². The molecule has 3 N–H and O–H groups in total. The SMILES string of the molecule is CCS(=O)(=O)c1ccc(Cl)cc1CNC(=O)c1cc(Br)c(CN2CCC[C@H](NC(=O)CNC)C2)c(C(F)(F)F)c1. The van der Waals surface area contributed by atoms with E-state index in [1.54, 1.807) is 7.05 Å². The minimum absolute atomic E-state index is 0.00538. The number of likely N-dealkylation sites (tertiary alicyclic amines) is 1. The van der Waals surface area contributed by atoms with E-state index < -0.39 is 27.5 Å². The molecule has 0 unspecified atom stereocenters. The summed E-state index contributed by atoms with van der Waals surface area (Å²) in [5.74, 6) is -1.15. The molecule has 8 nitrogen and oxygen atoms in total. The summed E-state index contributed by atoms with van der Waals surface area (Å²) in [6.45, 7) is 2.31. The maximum Gasteiger partial charge on any atom is 0.416 e. The Balaban J connectivity index is 1.82. The Morgan fingerprint density at radius 2 is 1.93 bits per heavy atom. The lowest BCUT2D eigenvalue weighted by Crippen LogP contribution is -2.49. The number of nitrogens with one attached hydrogen (secondary N) is 3. The lowest BCUT2D eigenvalue weighted by molar-refractivity contribution is -0.138. The molecule has 1 aliphatic heterocycles. The second-order valence-corrected chi connectivity index (χ2v) is 13.0. The molecule has 40 heavy (non-hydrogen) atoms. The van der Waals surface area contributed by atoms with Gasteiger partial charge in [0.25, 0.3) is 5.91 Å². The number of sulfone groups is 1. The van der Waals surface area contributed by atoms with Crippen LogP contribution in [0.3, 0.4) is 0 Å². The van der Waals surface area contributed by atoms with E-state index in [1.807, 2.05) is 4.90 Å². The number of carbonyl (C=O) groups is 2. The largest absolute Gasteiger partial charge is 0.416 e. The summed E-state index contributed by atoms with van der Waals surface area (Å²) in [6, 6.07) is 6.10. The van der Waals surface area contributed by atoms with Crippen LogP contribution in [0.25, 0.3) is 0 Å². The molecule has 3 rings (SSSR count). The third-order valence-corrected chi connectivity index (χ3v) is 9.30. The summed E-state index contributed by atoms with van der Waals surface area (Å²) in [5.41, 5.74) is -0.973. The van der Waals surface area contributed by atoms with Crippen molar-refractivity contribution in [3.8, 4) is 0 Å². The van der Waals surface area contributed by atoms with Crippen molar-refractivity contribution in [1.29, 1.82) is 0 Å². The van der Waals surface area contributed by atoms with Crippen LogP contribution in [0.5, 0.6) is 0 Å². The van der Waals surface area contributed by atoms with Gasteiger partial charge in [-0.3, -0.25) is 14.5 Å². The molecule has 1 aliphatic rings. The van der Waals surface area contributed by atoms with Gasteiger partial charge in [0.2, 0.25) is 5.91 Å². The van der Waals surface area contributed by atoms with Gasteiger partial charge in [-0.05, 0) is 67.9 Å². The number of likely N-dealkylation sites (N-methyl/N-ethyl adjacent to an activating group) is 1. The Labute approximate surface area is 245 Å². The van der Waals surface area contributed by atoms with E-state index in [0.29, 0.717) is 19.5 Å². The van der Waals surface area contributed by atoms with Gasteiger partial charge < -0.3 is 16.0 Å². The monoisotopic (exact) mass is 666 g/mol. The lowest BCUT2D eigenvalue weighted by atomic mass is 10.00. The number of benzene rings is 2. The first-order chi connectivity index (χ1) is 18.7. The highest BCUT2D eigenvalue weighted by molar-refractivity contribution is 9.10. The number of hydrogen-bond donors (Lipinski definition) is 3. The van der Waals surface area contributed by atoms with Crippen molar-refractivity contribution in [2.24, 2.45) is 0 Å². The van der Waals surface area contributed by atoms with Crippen molar-refractivity contribution in [3.63, 3.8) is 0 Å². The van der Waals surface area contributed by atoms with Crippen LogP contribution >= 0.6 is 27.5 Å². The van der Waals surface area contributed by atoms with E-state index in [4.69, 9.17) is 11.6 Å². The van der Waals surface area contributed by atoms with Crippen molar-refractivity contribution in [2.75, 3.05) is 32.4 Å². The highest BCUT2D eigenvalue weighted by Crippen LogP contribution is 2.37. The van der Waals surface area contributed by atoms with Crippen molar-refractivity contribution in [1.82, 2.24) is 20.9 Å². The Kier molecular flexibility index (Phi) is 11.0. The fourth-order valence-electron chi connectivity index (χ4n) is 4.58. The molecule has 1 saturated heterocycles. The molecule has 2 amide bonds. The van der Waals surface area contributed by atoms with Crippen LogP contribution in [-0.2, 0) is 33.9 Å². The fourth-order valence-corrected chi connectivity index (χ4v) is 6.48. The van der Waals surface area contributed by atoms with Crippen LogP contribution < -0.4 is 16.0 Å². The summed E-state index contributed by atoms with van der Waals surface area (Å²) in [7, 11) is -1.97. The molecule has 1 atom stereocenters. The van der Waals surface area contributed by atoms with Crippen molar-refractivity contribution >= 4 is 49.2 Å². The summed E-state index contributed by atoms with van der Waals surface area (Å²) in [5, 5.41) is 8.43. The van der Waals surface area contributed by atoms with E-state index in [1.165, 1.54) is 31.2 Å². The molecule has 220 valence electrons. The van der Waals surface area contributed by atoms with Crippen molar-refractivity contribution in [2.45, 2.75) is 50.0 Å². The molecular weight excluding hydrogens is 637 g/mol. The first-order valence-electron chi connectivity index (χ1n) is 12.6. The average molecular weight is 668 g/mol. The summed E-state index contributed by atoms with van der Waals surface area (Å²) in [6.07, 6.45) is -3.30. The third kappa shape index (κ3) is 8.41. The fraction of sp³-hybridized carbons (Fsp3) is 0.462. The van der Waals surface area contributed by atoms with Gasteiger partial charge in [0.1, 0.15) is 0 Å². The van der Waals surface area contributed by atoms with Crippen molar-refractivity contribution in [3.05, 3.63) is 62.1 Å². The van der Waals surface area contributed by atoms with E-state index in [-0.39, 0.29) is 68.4 Å². The Bertz CT molecular complexity index is 1360. The number of piperidine rings is 1. The van der Waals surface area contributed by atoms with Gasteiger partial charge >= 0.3 is 6.18 Å². The normalized spacial score (nSPS) is 16.5. The zero-order chi connectivity index (χ0) is 29.7. The molecule has 0 aliphatic carbocycles. The Morgan fingerprint density at radius 3 is 2.58 bits per heavy atom. The van der Waals surface area contributed by atoms with Crippen LogP contribution in [0.4, 0.5) is 13.2 Å². The maximum atomic E-state index is 14.2. The number of carbonyl (C=O) groups excluding carboxylic acids is 2. The molecule has 2 aromatic carbocycles. The topological polar surface area (TPSA) is 108 Å². The van der Waals surface area contributed by atoms with Gasteiger partial charge in [-0.1, -0.05) is 34.5 Å². The van der Waals surface area contributed by atoms with Crippen LogP contribution in [0, 0.1) is 0 Å². The minimum atomic E-state index is -4.74. The van der Waals surface area contributed by atoms with Gasteiger partial charge in [-0.15, -0.1) is 0 Å². The first kappa shape index (κ1) is 32.3. The van der Waals surface area contributed by atoms with Gasteiger partial charge in [0, 0.05) is 40.7 Å². The number of halogens is 5. The molecule has 0 bridgehead atoms. The van der Waals surface area contributed by atoms with E-state index >= 15 is 0 Å². The zero-order valence-electron chi connectivity index (χ0n) is 22.0. The number of nitrogens with zero attached hydrogens (tertiary/aromatic N) is 1. The standard InChI is InChI=1S/C26H31BrClF3N4O4S/c1-3-40(38,39)23-7-6-18(28)9-17(23)12-33-25(37)16-10-21(26(29,30)31)20(22(27)11-16)15-35-8-4-5-19(14-35)34-24(36)13-32-2/h6-7,9-11,19,32H,3-5,8,12-15H2,1-2H3,(H,33,37)(H,34,36)/t19-/m0/s1. The quantitative estimate of drug-likeness (QED) is 0.352. The molecule has 0 radical (unpaired) electrons. The summed E-state index contributed by atoms with van der Waals surface area (Å²) >= 11 is 9.25. The van der Waals surface area contributed by atoms with Crippen LogP contribution in [-0.4, -0.2) is 63.6 Å². The molecule has 0 aromatic heterocycles. The molecule has 0 spiro atoms. The first-order valence-corrected chi connectivity index (χ1v) is 15.4. The predicted octanol–water partition coefficient (Wildman–Crippen LogP) is 4.14. The number of alkyl halides is 3. The minimum Gasteiger partial charge on any atom is -0.351 e.